The van der Waals surface area contributed by atoms with Gasteiger partial charge in [0.2, 0.25) is 0 Å². The Bertz CT molecular complexity index is 509. The summed E-state index contributed by atoms with van der Waals surface area (Å²) in [7, 11) is 1.59. The summed E-state index contributed by atoms with van der Waals surface area (Å²) in [4.78, 5) is 11.2. The second kappa shape index (κ2) is 5.56. The molecule has 2 rings (SSSR count). The molecule has 5 nitrogen and oxygen atoms in total. The van der Waals surface area contributed by atoms with Crippen molar-refractivity contribution in [3.8, 4) is 0 Å². The molecule has 0 bridgehead atoms. The van der Waals surface area contributed by atoms with Crippen molar-refractivity contribution in [1.29, 1.82) is 0 Å². The summed E-state index contributed by atoms with van der Waals surface area (Å²) in [5, 5.41) is 8.79. The van der Waals surface area contributed by atoms with E-state index in [1.807, 2.05) is 24.3 Å². The molecule has 1 aromatic rings. The average molecular weight is 291 g/mol. The molecule has 0 saturated carbocycles. The minimum Gasteiger partial charge on any atom is -0.379 e. The smallest absolute Gasteiger partial charge is 0.318 e. The fraction of sp³-hybridized carbons (Fsp3) is 0.562. The van der Waals surface area contributed by atoms with Crippen molar-refractivity contribution >= 4 is 17.4 Å². The van der Waals surface area contributed by atoms with Crippen molar-refractivity contribution in [2.24, 2.45) is 0 Å². The highest BCUT2D eigenvalue weighted by atomic mass is 16.5. The summed E-state index contributed by atoms with van der Waals surface area (Å²) in [5.74, 6) is 0. The SMILES string of the molecule is CNC(=O)Nc1ccc(NC2CC(C)(C)OC2(C)C)cc1. The van der Waals surface area contributed by atoms with E-state index in [1.165, 1.54) is 0 Å². The monoisotopic (exact) mass is 291 g/mol. The van der Waals surface area contributed by atoms with E-state index in [0.717, 1.165) is 17.8 Å². The Morgan fingerprint density at radius 3 is 2.19 bits per heavy atom. The van der Waals surface area contributed by atoms with E-state index in [1.54, 1.807) is 7.05 Å². The van der Waals surface area contributed by atoms with Crippen LogP contribution in [0.15, 0.2) is 24.3 Å². The van der Waals surface area contributed by atoms with Gasteiger partial charge in [-0.05, 0) is 58.4 Å². The van der Waals surface area contributed by atoms with Gasteiger partial charge in [-0.3, -0.25) is 0 Å². The fourth-order valence-electron chi connectivity index (χ4n) is 2.83. The van der Waals surface area contributed by atoms with Crippen LogP contribution < -0.4 is 16.0 Å². The van der Waals surface area contributed by atoms with Crippen LogP contribution in [0.2, 0.25) is 0 Å². The molecule has 1 aliphatic heterocycles. The summed E-state index contributed by atoms with van der Waals surface area (Å²) >= 11 is 0. The molecule has 1 atom stereocenters. The van der Waals surface area contributed by atoms with Crippen LogP contribution in [0.25, 0.3) is 0 Å². The van der Waals surface area contributed by atoms with E-state index >= 15 is 0 Å². The number of carbonyl (C=O) groups excluding carboxylic acids is 1. The summed E-state index contributed by atoms with van der Waals surface area (Å²) in [6.45, 7) is 8.46. The molecule has 1 saturated heterocycles. The highest BCUT2D eigenvalue weighted by Crippen LogP contribution is 2.38. The largest absolute Gasteiger partial charge is 0.379 e. The maximum absolute atomic E-state index is 11.2. The van der Waals surface area contributed by atoms with Gasteiger partial charge in [-0.2, -0.15) is 0 Å². The minimum absolute atomic E-state index is 0.109. The molecular weight excluding hydrogens is 266 g/mol. The molecule has 0 aromatic heterocycles. The minimum atomic E-state index is -0.220. The van der Waals surface area contributed by atoms with Crippen LogP contribution in [-0.2, 0) is 4.74 Å². The predicted octanol–water partition coefficient (Wildman–Crippen LogP) is 3.20. The first kappa shape index (κ1) is 15.6. The third kappa shape index (κ3) is 3.88. The van der Waals surface area contributed by atoms with Gasteiger partial charge in [-0.1, -0.05) is 0 Å². The highest BCUT2D eigenvalue weighted by Gasteiger charge is 2.45. The van der Waals surface area contributed by atoms with Crippen LogP contribution in [0.5, 0.6) is 0 Å². The van der Waals surface area contributed by atoms with Crippen LogP contribution >= 0.6 is 0 Å². The molecule has 21 heavy (non-hydrogen) atoms. The number of hydrogen-bond donors (Lipinski definition) is 3. The number of anilines is 2. The van der Waals surface area contributed by atoms with Crippen molar-refractivity contribution in [3.63, 3.8) is 0 Å². The lowest BCUT2D eigenvalue weighted by atomic mass is 9.94. The lowest BCUT2D eigenvalue weighted by molar-refractivity contribution is -0.0662. The number of urea groups is 1. The number of benzene rings is 1. The molecule has 1 unspecified atom stereocenters. The average Bonchev–Trinajstić information content (AvgIpc) is 2.59. The van der Waals surface area contributed by atoms with Gasteiger partial charge in [0.15, 0.2) is 0 Å². The first-order chi connectivity index (χ1) is 9.72. The third-order valence-electron chi connectivity index (χ3n) is 3.78. The Morgan fingerprint density at radius 2 is 1.71 bits per heavy atom. The molecule has 116 valence electrons. The summed E-state index contributed by atoms with van der Waals surface area (Å²) in [5.41, 5.74) is 1.48. The zero-order valence-corrected chi connectivity index (χ0v) is 13.4. The molecule has 0 spiro atoms. The maximum atomic E-state index is 11.2. The molecule has 0 radical (unpaired) electrons. The van der Waals surface area contributed by atoms with E-state index in [4.69, 9.17) is 4.74 Å². The number of carbonyl (C=O) groups is 1. The number of nitrogens with one attached hydrogen (secondary N) is 3. The van der Waals surface area contributed by atoms with Crippen molar-refractivity contribution < 1.29 is 9.53 Å². The second-order valence-corrected chi connectivity index (χ2v) is 6.65. The summed E-state index contributed by atoms with van der Waals surface area (Å²) in [6.07, 6.45) is 0.957. The zero-order chi connectivity index (χ0) is 15.7. The molecule has 1 fully saturated rings. The van der Waals surface area contributed by atoms with Gasteiger partial charge in [0.1, 0.15) is 0 Å². The van der Waals surface area contributed by atoms with E-state index in [-0.39, 0.29) is 23.3 Å². The van der Waals surface area contributed by atoms with E-state index < -0.39 is 0 Å². The first-order valence-electron chi connectivity index (χ1n) is 7.27. The van der Waals surface area contributed by atoms with Crippen molar-refractivity contribution in [2.75, 3.05) is 17.7 Å². The number of rotatable bonds is 3. The summed E-state index contributed by atoms with van der Waals surface area (Å²) < 4.78 is 6.08. The van der Waals surface area contributed by atoms with E-state index in [2.05, 4.69) is 43.6 Å². The molecule has 1 aromatic carbocycles. The standard InChI is InChI=1S/C16H25N3O2/c1-15(2)10-13(16(3,4)21-15)18-11-6-8-12(9-7-11)19-14(20)17-5/h6-9,13,18H,10H2,1-5H3,(H2,17,19,20). The topological polar surface area (TPSA) is 62.4 Å². The fourth-order valence-corrected chi connectivity index (χ4v) is 2.83. The van der Waals surface area contributed by atoms with Crippen LogP contribution in [-0.4, -0.2) is 30.3 Å². The summed E-state index contributed by atoms with van der Waals surface area (Å²) in [6, 6.07) is 7.73. The van der Waals surface area contributed by atoms with E-state index in [9.17, 15) is 4.79 Å². The number of amides is 2. The van der Waals surface area contributed by atoms with Gasteiger partial charge in [0.25, 0.3) is 0 Å². The Labute approximate surface area is 126 Å². The van der Waals surface area contributed by atoms with Gasteiger partial charge in [-0.25, -0.2) is 4.79 Å². The van der Waals surface area contributed by atoms with Crippen molar-refractivity contribution in [2.45, 2.75) is 51.4 Å². The van der Waals surface area contributed by atoms with Gasteiger partial charge in [0, 0.05) is 18.4 Å². The molecule has 5 heteroatoms. The zero-order valence-electron chi connectivity index (χ0n) is 13.4. The van der Waals surface area contributed by atoms with Crippen LogP contribution in [0, 0.1) is 0 Å². The first-order valence-corrected chi connectivity index (χ1v) is 7.27. The Kier molecular flexibility index (Phi) is 4.14. The normalized spacial score (nSPS) is 22.6. The quantitative estimate of drug-likeness (QED) is 0.801. The van der Waals surface area contributed by atoms with Crippen LogP contribution in [0.4, 0.5) is 16.2 Å². The lowest BCUT2D eigenvalue weighted by Gasteiger charge is -2.28. The van der Waals surface area contributed by atoms with Gasteiger partial charge in [-0.15, -0.1) is 0 Å². The molecular formula is C16H25N3O2. The van der Waals surface area contributed by atoms with Crippen molar-refractivity contribution in [1.82, 2.24) is 5.32 Å². The molecule has 1 aliphatic rings. The number of hydrogen-bond acceptors (Lipinski definition) is 3. The van der Waals surface area contributed by atoms with Crippen LogP contribution in [0.1, 0.15) is 34.1 Å². The lowest BCUT2D eigenvalue weighted by Crippen LogP contribution is -2.38. The molecule has 2 amide bonds. The Morgan fingerprint density at radius 1 is 1.14 bits per heavy atom. The van der Waals surface area contributed by atoms with Crippen molar-refractivity contribution in [3.05, 3.63) is 24.3 Å². The molecule has 3 N–H and O–H groups in total. The Hall–Kier alpha value is -1.75. The van der Waals surface area contributed by atoms with E-state index in [0.29, 0.717) is 0 Å². The third-order valence-corrected chi connectivity index (χ3v) is 3.78. The number of ether oxygens (including phenoxy) is 1. The maximum Gasteiger partial charge on any atom is 0.318 e. The van der Waals surface area contributed by atoms with Crippen LogP contribution in [0.3, 0.4) is 0 Å². The van der Waals surface area contributed by atoms with Gasteiger partial charge < -0.3 is 20.7 Å². The Balaban J connectivity index is 2.02. The van der Waals surface area contributed by atoms with Gasteiger partial charge >= 0.3 is 6.03 Å². The predicted molar refractivity (Wildman–Crippen MR) is 85.8 cm³/mol. The molecule has 1 heterocycles. The highest BCUT2D eigenvalue weighted by molar-refractivity contribution is 5.89. The molecule has 0 aliphatic carbocycles. The van der Waals surface area contributed by atoms with Gasteiger partial charge in [0.05, 0.1) is 17.2 Å². The second-order valence-electron chi connectivity index (χ2n) is 6.65.